The zero-order valence-corrected chi connectivity index (χ0v) is 13.0. The van der Waals surface area contributed by atoms with E-state index in [9.17, 15) is 4.79 Å². The topological polar surface area (TPSA) is 101 Å². The van der Waals surface area contributed by atoms with Crippen LogP contribution in [0.2, 0.25) is 0 Å². The van der Waals surface area contributed by atoms with Gasteiger partial charge in [0, 0.05) is 11.3 Å². The van der Waals surface area contributed by atoms with Gasteiger partial charge in [0.1, 0.15) is 11.4 Å². The summed E-state index contributed by atoms with van der Waals surface area (Å²) in [5.74, 6) is 0.494. The summed E-state index contributed by atoms with van der Waals surface area (Å²) in [6.07, 6.45) is 2.10. The number of hydrogen-bond donors (Lipinski definition) is 3. The van der Waals surface area contributed by atoms with Crippen LogP contribution in [-0.4, -0.2) is 12.5 Å². The molecule has 0 radical (unpaired) electrons. The van der Waals surface area contributed by atoms with Crippen molar-refractivity contribution in [1.82, 2.24) is 0 Å². The molecule has 2 rings (SSSR count). The van der Waals surface area contributed by atoms with Gasteiger partial charge >= 0.3 is 0 Å². The first-order chi connectivity index (χ1) is 11.1. The Morgan fingerprint density at radius 1 is 1.26 bits per heavy atom. The Morgan fingerprint density at radius 3 is 2.65 bits per heavy atom. The average molecular weight is 312 g/mol. The first-order valence-corrected chi connectivity index (χ1v) is 7.45. The Balaban J connectivity index is 2.01. The predicted molar refractivity (Wildman–Crippen MR) is 90.5 cm³/mol. The molecule has 23 heavy (non-hydrogen) atoms. The number of nitrogens with two attached hydrogens (primary N) is 1. The van der Waals surface area contributed by atoms with E-state index in [1.54, 1.807) is 24.3 Å². The minimum absolute atomic E-state index is 0.275. The Bertz CT molecular complexity index is 683. The number of ether oxygens (including phenoxy) is 1. The van der Waals surface area contributed by atoms with Gasteiger partial charge in [0.05, 0.1) is 12.3 Å². The van der Waals surface area contributed by atoms with E-state index in [0.717, 1.165) is 18.6 Å². The van der Waals surface area contributed by atoms with Crippen LogP contribution >= 0.6 is 0 Å². The van der Waals surface area contributed by atoms with Crippen LogP contribution in [0.4, 0.5) is 17.1 Å². The molecule has 0 fully saturated rings. The number of benzene rings is 2. The number of hydrogen-bond acceptors (Lipinski definition) is 5. The van der Waals surface area contributed by atoms with E-state index < -0.39 is 0 Å². The number of nitrogens with one attached hydrogen (secondary N) is 2. The van der Waals surface area contributed by atoms with Gasteiger partial charge in [-0.05, 0) is 48.9 Å². The highest BCUT2D eigenvalue weighted by Crippen LogP contribution is 2.23. The molecule has 0 bridgehead atoms. The van der Waals surface area contributed by atoms with Crippen LogP contribution in [-0.2, 0) is 0 Å². The first-order valence-electron chi connectivity index (χ1n) is 7.45. The molecule has 0 saturated carbocycles. The fourth-order valence-corrected chi connectivity index (χ4v) is 1.95. The summed E-state index contributed by atoms with van der Waals surface area (Å²) in [5.41, 5.74) is 14.4. The van der Waals surface area contributed by atoms with Gasteiger partial charge in [0.25, 0.3) is 5.91 Å². The van der Waals surface area contributed by atoms with Crippen molar-refractivity contribution in [3.8, 4) is 5.75 Å². The molecule has 0 aliphatic heterocycles. The third kappa shape index (κ3) is 4.54. The van der Waals surface area contributed by atoms with Gasteiger partial charge in [-0.15, -0.1) is 0 Å². The molecule has 0 heterocycles. The quantitative estimate of drug-likeness (QED) is 0.402. The average Bonchev–Trinajstić information content (AvgIpc) is 2.57. The molecule has 6 heteroatoms. The molecule has 0 aliphatic rings. The first kappa shape index (κ1) is 16.5. The Hall–Kier alpha value is -2.89. The smallest absolute Gasteiger partial charge is 0.255 e. The molecule has 0 unspecified atom stereocenters. The fourth-order valence-electron chi connectivity index (χ4n) is 1.95. The molecule has 6 nitrogen and oxygen atoms in total. The minimum Gasteiger partial charge on any atom is -0.494 e. The number of nitrogen functional groups attached to an aromatic ring is 1. The molecule has 0 aromatic heterocycles. The molecule has 0 aliphatic carbocycles. The SMILES string of the molecule is CCCCOc1ccc(NC(=O)c2ccc(N)c(N=N)c2)cc1. The number of unbranched alkanes of at least 4 members (excludes halogenated alkanes) is 1. The van der Waals surface area contributed by atoms with Crippen LogP contribution in [0, 0.1) is 5.53 Å². The van der Waals surface area contributed by atoms with Crippen LogP contribution in [0.25, 0.3) is 0 Å². The van der Waals surface area contributed by atoms with Gasteiger partial charge in [-0.2, -0.15) is 5.11 Å². The highest BCUT2D eigenvalue weighted by Gasteiger charge is 2.09. The second-order valence-corrected chi connectivity index (χ2v) is 5.07. The summed E-state index contributed by atoms with van der Waals surface area (Å²) >= 11 is 0. The van der Waals surface area contributed by atoms with Crippen LogP contribution in [0.15, 0.2) is 47.6 Å². The normalized spacial score (nSPS) is 10.1. The van der Waals surface area contributed by atoms with Crippen LogP contribution in [0.5, 0.6) is 5.75 Å². The Morgan fingerprint density at radius 2 is 2.00 bits per heavy atom. The maximum absolute atomic E-state index is 12.2. The van der Waals surface area contributed by atoms with Gasteiger partial charge in [0.2, 0.25) is 0 Å². The molecule has 4 N–H and O–H groups in total. The van der Waals surface area contributed by atoms with Gasteiger partial charge in [-0.1, -0.05) is 13.3 Å². The van der Waals surface area contributed by atoms with E-state index in [1.807, 2.05) is 12.1 Å². The lowest BCUT2D eigenvalue weighted by Crippen LogP contribution is -2.11. The monoisotopic (exact) mass is 312 g/mol. The molecule has 1 amide bonds. The molecule has 120 valence electrons. The Labute approximate surface area is 135 Å². The summed E-state index contributed by atoms with van der Waals surface area (Å²) in [6.45, 7) is 2.80. The number of carbonyl (C=O) groups is 1. The molecule has 0 saturated heterocycles. The summed E-state index contributed by atoms with van der Waals surface area (Å²) in [5, 5.41) is 6.08. The van der Waals surface area contributed by atoms with Gasteiger partial charge in [0.15, 0.2) is 0 Å². The summed E-state index contributed by atoms with van der Waals surface area (Å²) in [4.78, 5) is 12.2. The van der Waals surface area contributed by atoms with E-state index in [-0.39, 0.29) is 11.6 Å². The van der Waals surface area contributed by atoms with Crippen molar-refractivity contribution in [3.05, 3.63) is 48.0 Å². The maximum Gasteiger partial charge on any atom is 0.255 e. The van der Waals surface area contributed by atoms with E-state index in [1.165, 1.54) is 6.07 Å². The van der Waals surface area contributed by atoms with Crippen molar-refractivity contribution in [2.45, 2.75) is 19.8 Å². The fraction of sp³-hybridized carbons (Fsp3) is 0.235. The third-order valence-electron chi connectivity index (χ3n) is 3.29. The number of nitrogens with zero attached hydrogens (tertiary/aromatic N) is 1. The summed E-state index contributed by atoms with van der Waals surface area (Å²) in [6, 6.07) is 11.9. The molecule has 2 aromatic carbocycles. The summed E-state index contributed by atoms with van der Waals surface area (Å²) < 4.78 is 5.57. The lowest BCUT2D eigenvalue weighted by atomic mass is 10.1. The predicted octanol–water partition coefficient (Wildman–Crippen LogP) is 4.36. The zero-order valence-electron chi connectivity index (χ0n) is 13.0. The molecule has 0 atom stereocenters. The number of amides is 1. The minimum atomic E-state index is -0.283. The molecular weight excluding hydrogens is 292 g/mol. The molecule has 2 aromatic rings. The van der Waals surface area contributed by atoms with Crippen molar-refractivity contribution in [2.24, 2.45) is 5.11 Å². The Kier molecular flexibility index (Phi) is 5.68. The maximum atomic E-state index is 12.2. The van der Waals surface area contributed by atoms with Crippen LogP contribution < -0.4 is 15.8 Å². The van der Waals surface area contributed by atoms with E-state index in [0.29, 0.717) is 23.5 Å². The standard InChI is InChI=1S/C17H20N4O2/c1-2-3-10-23-14-7-5-13(6-8-14)20-17(22)12-4-9-15(18)16(11-12)21-19/h4-9,11,19H,2-3,10,18H2,1H3,(H,20,22). The highest BCUT2D eigenvalue weighted by molar-refractivity contribution is 6.05. The number of rotatable bonds is 7. The van der Waals surface area contributed by atoms with Crippen molar-refractivity contribution < 1.29 is 9.53 Å². The van der Waals surface area contributed by atoms with Crippen LogP contribution in [0.3, 0.4) is 0 Å². The van der Waals surface area contributed by atoms with Gasteiger partial charge < -0.3 is 15.8 Å². The van der Waals surface area contributed by atoms with E-state index >= 15 is 0 Å². The van der Waals surface area contributed by atoms with Gasteiger partial charge in [-0.3, -0.25) is 4.79 Å². The molecule has 0 spiro atoms. The van der Waals surface area contributed by atoms with Crippen molar-refractivity contribution >= 4 is 23.0 Å². The van der Waals surface area contributed by atoms with Crippen LogP contribution in [0.1, 0.15) is 30.1 Å². The number of anilines is 2. The highest BCUT2D eigenvalue weighted by atomic mass is 16.5. The third-order valence-corrected chi connectivity index (χ3v) is 3.29. The lowest BCUT2D eigenvalue weighted by Gasteiger charge is -2.09. The number of carbonyl (C=O) groups excluding carboxylic acids is 1. The van der Waals surface area contributed by atoms with E-state index in [4.69, 9.17) is 16.0 Å². The largest absolute Gasteiger partial charge is 0.494 e. The second-order valence-electron chi connectivity index (χ2n) is 5.07. The van der Waals surface area contributed by atoms with Gasteiger partial charge in [-0.25, -0.2) is 5.53 Å². The second kappa shape index (κ2) is 7.93. The van der Waals surface area contributed by atoms with Crippen molar-refractivity contribution in [3.63, 3.8) is 0 Å². The van der Waals surface area contributed by atoms with Crippen molar-refractivity contribution in [1.29, 1.82) is 5.53 Å². The zero-order chi connectivity index (χ0) is 16.7. The van der Waals surface area contributed by atoms with Crippen molar-refractivity contribution in [2.75, 3.05) is 17.7 Å². The lowest BCUT2D eigenvalue weighted by molar-refractivity contribution is 0.102. The van der Waals surface area contributed by atoms with E-state index in [2.05, 4.69) is 17.4 Å². The summed E-state index contributed by atoms with van der Waals surface area (Å²) in [7, 11) is 0. The molecular formula is C17H20N4O2.